The fourth-order valence-corrected chi connectivity index (χ4v) is 1.04. The van der Waals surface area contributed by atoms with E-state index in [4.69, 9.17) is 11.6 Å². The second-order valence-corrected chi connectivity index (χ2v) is 3.13. The van der Waals surface area contributed by atoms with Crippen molar-refractivity contribution in [2.24, 2.45) is 10.2 Å². The highest BCUT2D eigenvalue weighted by Crippen LogP contribution is 2.10. The van der Waals surface area contributed by atoms with E-state index in [1.807, 2.05) is 31.2 Å². The number of hydrogen-bond donors (Lipinski definition) is 0. The van der Waals surface area contributed by atoms with Gasteiger partial charge in [0.1, 0.15) is 0 Å². The van der Waals surface area contributed by atoms with Gasteiger partial charge in [0.25, 0.3) is 0 Å². The Morgan fingerprint density at radius 2 is 2.00 bits per heavy atom. The topological polar surface area (TPSA) is 24.7 Å². The summed E-state index contributed by atoms with van der Waals surface area (Å²) < 4.78 is 0. The molecular formula is C11H11ClN2. The first-order chi connectivity index (χ1) is 6.74. The first-order valence-electron chi connectivity index (χ1n) is 4.18. The summed E-state index contributed by atoms with van der Waals surface area (Å²) in [7, 11) is 0. The molecule has 1 aromatic carbocycles. The van der Waals surface area contributed by atoms with Gasteiger partial charge in [-0.3, -0.25) is 0 Å². The molecule has 1 rings (SSSR count). The zero-order chi connectivity index (χ0) is 10.4. The SMILES string of the molecule is C=CC=NN=C(C)c1ccc(Cl)cc1. The third-order valence-electron chi connectivity index (χ3n) is 1.64. The van der Waals surface area contributed by atoms with Crippen LogP contribution in [0.1, 0.15) is 12.5 Å². The lowest BCUT2D eigenvalue weighted by molar-refractivity contribution is 1.24. The lowest BCUT2D eigenvalue weighted by Crippen LogP contribution is -1.92. The molecule has 0 radical (unpaired) electrons. The molecule has 0 aliphatic carbocycles. The number of nitrogens with zero attached hydrogens (tertiary/aromatic N) is 2. The summed E-state index contributed by atoms with van der Waals surface area (Å²) in [6, 6.07) is 7.47. The smallest absolute Gasteiger partial charge is 0.0671 e. The maximum absolute atomic E-state index is 5.76. The molecule has 0 N–H and O–H groups in total. The summed E-state index contributed by atoms with van der Waals surface area (Å²) in [5.74, 6) is 0. The van der Waals surface area contributed by atoms with Crippen LogP contribution < -0.4 is 0 Å². The van der Waals surface area contributed by atoms with Crippen LogP contribution in [0.4, 0.5) is 0 Å². The van der Waals surface area contributed by atoms with E-state index in [0.29, 0.717) is 0 Å². The van der Waals surface area contributed by atoms with E-state index in [1.165, 1.54) is 0 Å². The summed E-state index contributed by atoms with van der Waals surface area (Å²) in [4.78, 5) is 0. The molecule has 14 heavy (non-hydrogen) atoms. The molecule has 0 aliphatic rings. The van der Waals surface area contributed by atoms with Crippen molar-refractivity contribution in [3.63, 3.8) is 0 Å². The highest BCUT2D eigenvalue weighted by Gasteiger charge is 1.95. The lowest BCUT2D eigenvalue weighted by Gasteiger charge is -1.97. The van der Waals surface area contributed by atoms with Gasteiger partial charge in [0, 0.05) is 11.2 Å². The van der Waals surface area contributed by atoms with E-state index in [1.54, 1.807) is 12.3 Å². The lowest BCUT2D eigenvalue weighted by atomic mass is 10.1. The van der Waals surface area contributed by atoms with Crippen molar-refractivity contribution in [2.45, 2.75) is 6.92 Å². The summed E-state index contributed by atoms with van der Waals surface area (Å²) in [6.45, 7) is 5.40. The zero-order valence-electron chi connectivity index (χ0n) is 7.94. The van der Waals surface area contributed by atoms with Crippen LogP contribution in [-0.4, -0.2) is 11.9 Å². The van der Waals surface area contributed by atoms with Crippen molar-refractivity contribution >= 4 is 23.5 Å². The molecule has 0 saturated carbocycles. The van der Waals surface area contributed by atoms with Gasteiger partial charge in [-0.15, -0.1) is 0 Å². The number of rotatable bonds is 3. The second-order valence-electron chi connectivity index (χ2n) is 2.69. The Bertz CT molecular complexity index is 363. The van der Waals surface area contributed by atoms with Crippen LogP contribution in [0.3, 0.4) is 0 Å². The molecule has 0 spiro atoms. The second kappa shape index (κ2) is 5.35. The molecular weight excluding hydrogens is 196 g/mol. The van der Waals surface area contributed by atoms with Crippen LogP contribution >= 0.6 is 11.6 Å². The van der Waals surface area contributed by atoms with Crippen molar-refractivity contribution in [3.8, 4) is 0 Å². The molecule has 0 fully saturated rings. The van der Waals surface area contributed by atoms with E-state index >= 15 is 0 Å². The number of hydrogen-bond acceptors (Lipinski definition) is 2. The molecule has 0 unspecified atom stereocenters. The minimum absolute atomic E-state index is 0.719. The maximum atomic E-state index is 5.76. The molecule has 0 amide bonds. The van der Waals surface area contributed by atoms with E-state index in [-0.39, 0.29) is 0 Å². The fraction of sp³-hybridized carbons (Fsp3) is 0.0909. The highest BCUT2D eigenvalue weighted by atomic mass is 35.5. The van der Waals surface area contributed by atoms with Gasteiger partial charge in [0.15, 0.2) is 0 Å². The molecule has 2 nitrogen and oxygen atoms in total. The zero-order valence-corrected chi connectivity index (χ0v) is 8.70. The quantitative estimate of drug-likeness (QED) is 0.536. The van der Waals surface area contributed by atoms with Crippen molar-refractivity contribution in [1.82, 2.24) is 0 Å². The third kappa shape index (κ3) is 3.15. The molecule has 0 saturated heterocycles. The molecule has 0 aromatic heterocycles. The predicted molar refractivity (Wildman–Crippen MR) is 62.4 cm³/mol. The van der Waals surface area contributed by atoms with Crippen molar-refractivity contribution in [1.29, 1.82) is 0 Å². The van der Waals surface area contributed by atoms with Crippen molar-refractivity contribution < 1.29 is 0 Å². The molecule has 0 aliphatic heterocycles. The van der Waals surface area contributed by atoms with Crippen molar-refractivity contribution in [3.05, 3.63) is 47.5 Å². The standard InChI is InChI=1S/C11H11ClN2/c1-3-8-13-14-9(2)10-4-6-11(12)7-5-10/h3-8H,1H2,2H3. The van der Waals surface area contributed by atoms with Gasteiger partial charge in [-0.05, 0) is 30.7 Å². The number of halogens is 1. The van der Waals surface area contributed by atoms with E-state index < -0.39 is 0 Å². The molecule has 72 valence electrons. The van der Waals surface area contributed by atoms with Gasteiger partial charge in [-0.2, -0.15) is 10.2 Å². The van der Waals surface area contributed by atoms with Gasteiger partial charge >= 0.3 is 0 Å². The summed E-state index contributed by atoms with van der Waals surface area (Å²) in [6.07, 6.45) is 3.12. The number of benzene rings is 1. The van der Waals surface area contributed by atoms with Crippen molar-refractivity contribution in [2.75, 3.05) is 0 Å². The number of allylic oxidation sites excluding steroid dienone is 1. The van der Waals surface area contributed by atoms with Gasteiger partial charge in [0.2, 0.25) is 0 Å². The summed E-state index contributed by atoms with van der Waals surface area (Å²) in [5.41, 5.74) is 1.86. The summed E-state index contributed by atoms with van der Waals surface area (Å²) >= 11 is 5.76. The minimum Gasteiger partial charge on any atom is -0.159 e. The van der Waals surface area contributed by atoms with Crippen LogP contribution in [0.25, 0.3) is 0 Å². The molecule has 3 heteroatoms. The first-order valence-corrected chi connectivity index (χ1v) is 4.56. The minimum atomic E-state index is 0.719. The molecule has 1 aromatic rings. The first kappa shape index (κ1) is 10.7. The van der Waals surface area contributed by atoms with Gasteiger partial charge in [-0.1, -0.05) is 30.3 Å². The predicted octanol–water partition coefficient (Wildman–Crippen LogP) is 3.32. The Morgan fingerprint density at radius 1 is 1.36 bits per heavy atom. The Morgan fingerprint density at radius 3 is 2.57 bits per heavy atom. The van der Waals surface area contributed by atoms with E-state index in [0.717, 1.165) is 16.3 Å². The largest absolute Gasteiger partial charge is 0.159 e. The summed E-state index contributed by atoms with van der Waals surface area (Å²) in [5, 5.41) is 8.50. The van der Waals surface area contributed by atoms with Crippen LogP contribution in [0.5, 0.6) is 0 Å². The van der Waals surface area contributed by atoms with E-state index in [9.17, 15) is 0 Å². The highest BCUT2D eigenvalue weighted by molar-refractivity contribution is 6.30. The van der Waals surface area contributed by atoms with Crippen LogP contribution in [0, 0.1) is 0 Å². The average molecular weight is 207 g/mol. The van der Waals surface area contributed by atoms with Gasteiger partial charge in [0.05, 0.1) is 5.71 Å². The average Bonchev–Trinajstić information content (AvgIpc) is 2.19. The Balaban J connectivity index is 2.83. The monoisotopic (exact) mass is 206 g/mol. The maximum Gasteiger partial charge on any atom is 0.0671 e. The molecule has 0 bridgehead atoms. The van der Waals surface area contributed by atoms with Crippen LogP contribution in [0.15, 0.2) is 47.1 Å². The van der Waals surface area contributed by atoms with Gasteiger partial charge in [-0.25, -0.2) is 0 Å². The Kier molecular flexibility index (Phi) is 4.08. The Hall–Kier alpha value is -1.41. The Labute approximate surface area is 88.6 Å². The fourth-order valence-electron chi connectivity index (χ4n) is 0.916. The van der Waals surface area contributed by atoms with Gasteiger partial charge < -0.3 is 0 Å². The third-order valence-corrected chi connectivity index (χ3v) is 1.89. The van der Waals surface area contributed by atoms with Crippen LogP contribution in [0.2, 0.25) is 5.02 Å². The van der Waals surface area contributed by atoms with E-state index in [2.05, 4.69) is 16.8 Å². The normalized spacial score (nSPS) is 12.0. The molecule has 0 atom stereocenters. The van der Waals surface area contributed by atoms with Crippen LogP contribution in [-0.2, 0) is 0 Å². The molecule has 0 heterocycles.